The first kappa shape index (κ1) is 41.8. The third-order valence-corrected chi connectivity index (χ3v) is 14.8. The van der Waals surface area contributed by atoms with Gasteiger partial charge < -0.3 is 34.4 Å². The zero-order chi connectivity index (χ0) is 40.6. The van der Waals surface area contributed by atoms with Crippen LogP contribution in [-0.4, -0.2) is 56.0 Å². The van der Waals surface area contributed by atoms with E-state index in [2.05, 4.69) is 54.8 Å². The number of aromatic nitrogens is 1. The van der Waals surface area contributed by atoms with Crippen LogP contribution in [0.25, 0.3) is 22.0 Å². The first-order valence-electron chi connectivity index (χ1n) is 18.3. The van der Waals surface area contributed by atoms with Gasteiger partial charge in [0.1, 0.15) is 11.5 Å². The Bertz CT molecular complexity index is 2240. The minimum atomic E-state index is -2.29. The monoisotopic (exact) mass is 800 g/mol. The van der Waals surface area contributed by atoms with Gasteiger partial charge in [-0.15, -0.1) is 0 Å². The van der Waals surface area contributed by atoms with Gasteiger partial charge in [0.2, 0.25) is 5.56 Å². The molecule has 5 aromatic rings. The molecule has 14 heteroatoms. The number of methoxy groups -OCH3 is 1. The Kier molecular flexibility index (Phi) is 13.5. The van der Waals surface area contributed by atoms with Crippen molar-refractivity contribution in [3.05, 3.63) is 117 Å². The molecule has 0 fully saturated rings. The van der Waals surface area contributed by atoms with E-state index >= 15 is 0 Å². The number of carboxylic acid groups (broad SMARTS) is 1. The Morgan fingerprint density at radius 3 is 2.39 bits per heavy atom. The van der Waals surface area contributed by atoms with E-state index in [1.54, 1.807) is 30.3 Å². The van der Waals surface area contributed by atoms with Crippen LogP contribution in [0.4, 0.5) is 21.0 Å². The summed E-state index contributed by atoms with van der Waals surface area (Å²) in [6.45, 7) is 11.7. The molecule has 0 aliphatic carbocycles. The van der Waals surface area contributed by atoms with Gasteiger partial charge in [-0.1, -0.05) is 80.9 Å². The van der Waals surface area contributed by atoms with Crippen molar-refractivity contribution in [2.75, 3.05) is 30.9 Å². The van der Waals surface area contributed by atoms with E-state index in [1.165, 1.54) is 13.2 Å². The number of nitrogens with one attached hydrogen (secondary N) is 4. The molecular formula is C42H49ClN4O8Si. The predicted octanol–water partition coefficient (Wildman–Crippen LogP) is 9.69. The maximum atomic E-state index is 12.8. The molecule has 6 N–H and O–H groups in total. The third-order valence-electron chi connectivity index (χ3n) is 10.0. The lowest BCUT2D eigenvalue weighted by molar-refractivity contribution is 0.160. The molecule has 0 saturated heterocycles. The highest BCUT2D eigenvalue weighted by Gasteiger charge is 2.39. The van der Waals surface area contributed by atoms with E-state index in [0.717, 1.165) is 27.8 Å². The topological polar surface area (TPSA) is 171 Å². The second-order valence-electron chi connectivity index (χ2n) is 15.0. The van der Waals surface area contributed by atoms with Crippen LogP contribution >= 0.6 is 11.6 Å². The summed E-state index contributed by atoms with van der Waals surface area (Å²) < 4.78 is 18.0. The van der Waals surface area contributed by atoms with Gasteiger partial charge in [-0.2, -0.15) is 0 Å². The van der Waals surface area contributed by atoms with E-state index in [-0.39, 0.29) is 23.0 Å². The SMILES string of the molecule is COc1cc(NC(=O)OCCCc2ccc(-c3ccccc3)c(NC(=O)O)c2)c(Cl)cc1CNC[C@H](O[Si](C)(C)C(C)(C)C)c1ccc(O)c2[nH]c(=O)ccc12. The number of amides is 2. The first-order valence-corrected chi connectivity index (χ1v) is 21.6. The smallest absolute Gasteiger partial charge is 0.411 e. The first-order chi connectivity index (χ1) is 26.6. The summed E-state index contributed by atoms with van der Waals surface area (Å²) in [5.74, 6) is 0.477. The normalized spacial score (nSPS) is 12.3. The van der Waals surface area contributed by atoms with E-state index in [4.69, 9.17) is 25.5 Å². The molecule has 0 bridgehead atoms. The van der Waals surface area contributed by atoms with Crippen molar-refractivity contribution in [2.24, 2.45) is 0 Å². The number of carbonyl (C=O) groups excluding carboxylic acids is 1. The van der Waals surface area contributed by atoms with Crippen LogP contribution in [-0.2, 0) is 22.1 Å². The molecule has 0 unspecified atom stereocenters. The average Bonchev–Trinajstić information content (AvgIpc) is 3.14. The molecule has 2 amide bonds. The van der Waals surface area contributed by atoms with Crippen molar-refractivity contribution >= 4 is 54.4 Å². The number of fused-ring (bicyclic) bond motifs is 1. The number of rotatable bonds is 15. The summed E-state index contributed by atoms with van der Waals surface area (Å²) in [5, 5.41) is 29.5. The van der Waals surface area contributed by atoms with Crippen LogP contribution in [0.15, 0.2) is 89.7 Å². The van der Waals surface area contributed by atoms with Crippen LogP contribution in [0.2, 0.25) is 23.2 Å². The number of pyridine rings is 1. The minimum Gasteiger partial charge on any atom is -0.506 e. The average molecular weight is 801 g/mol. The Balaban J connectivity index is 1.21. The third kappa shape index (κ3) is 10.5. The Morgan fingerprint density at radius 2 is 1.70 bits per heavy atom. The lowest BCUT2D eigenvalue weighted by Crippen LogP contribution is -2.43. The molecule has 4 aromatic carbocycles. The molecule has 0 saturated carbocycles. The largest absolute Gasteiger partial charge is 0.506 e. The second-order valence-corrected chi connectivity index (χ2v) is 20.1. The molecule has 0 spiro atoms. The molecule has 1 aromatic heterocycles. The van der Waals surface area contributed by atoms with Gasteiger partial charge in [0.15, 0.2) is 8.32 Å². The van der Waals surface area contributed by atoms with Crippen LogP contribution < -0.4 is 26.2 Å². The molecule has 56 heavy (non-hydrogen) atoms. The van der Waals surface area contributed by atoms with Gasteiger partial charge in [0.05, 0.1) is 41.7 Å². The predicted molar refractivity (Wildman–Crippen MR) is 224 cm³/mol. The van der Waals surface area contributed by atoms with Gasteiger partial charge in [-0.05, 0) is 71.9 Å². The Morgan fingerprint density at radius 1 is 0.946 bits per heavy atom. The number of aromatic amines is 1. The van der Waals surface area contributed by atoms with Crippen LogP contribution in [0.1, 0.15) is 50.0 Å². The molecule has 0 aliphatic heterocycles. The maximum absolute atomic E-state index is 12.8. The van der Waals surface area contributed by atoms with Gasteiger partial charge in [0, 0.05) is 41.7 Å². The van der Waals surface area contributed by atoms with Crippen molar-refractivity contribution in [3.8, 4) is 22.6 Å². The summed E-state index contributed by atoms with van der Waals surface area (Å²) in [5.41, 5.74) is 4.97. The molecule has 0 radical (unpaired) electrons. The zero-order valence-corrected chi connectivity index (χ0v) is 34.2. The lowest BCUT2D eigenvalue weighted by Gasteiger charge is -2.39. The Labute approximate surface area is 332 Å². The van der Waals surface area contributed by atoms with Crippen LogP contribution in [0, 0.1) is 0 Å². The number of benzene rings is 4. The number of ether oxygens (including phenoxy) is 2. The highest BCUT2D eigenvalue weighted by Crippen LogP contribution is 2.41. The number of aromatic hydroxyl groups is 1. The van der Waals surface area contributed by atoms with Crippen molar-refractivity contribution in [1.82, 2.24) is 10.3 Å². The van der Waals surface area contributed by atoms with Crippen molar-refractivity contribution in [3.63, 3.8) is 0 Å². The summed E-state index contributed by atoms with van der Waals surface area (Å²) in [6, 6.07) is 25.0. The quantitative estimate of drug-likeness (QED) is 0.0446. The standard InChI is InChI=1S/C42H49ClN4O8Si/c1-42(2,3)56(5,6)55-37(30-16-18-35(48)39-31(30)17-19-38(49)47-39)25-44-24-28-22-32(43)34(23-36(28)53-4)46-41(52)54-20-10-11-26-14-15-29(27-12-8-7-9-13-27)33(21-26)45-40(50)51/h7-9,12-19,21-23,37,44-45,48H,10-11,20,24-25H2,1-6H3,(H,46,52)(H,47,49)(H,50,51)/t37-/m0/s1. The van der Waals surface area contributed by atoms with Crippen molar-refractivity contribution in [2.45, 2.75) is 64.4 Å². The van der Waals surface area contributed by atoms with Gasteiger partial charge in [0.25, 0.3) is 0 Å². The highest BCUT2D eigenvalue weighted by atomic mass is 35.5. The van der Waals surface area contributed by atoms with Crippen molar-refractivity contribution < 1.29 is 33.7 Å². The van der Waals surface area contributed by atoms with E-state index in [9.17, 15) is 24.6 Å². The van der Waals surface area contributed by atoms with E-state index in [1.807, 2.05) is 48.5 Å². The fourth-order valence-corrected chi connectivity index (χ4v) is 7.57. The van der Waals surface area contributed by atoms with Gasteiger partial charge in [-0.3, -0.25) is 15.4 Å². The number of hydrogen-bond donors (Lipinski definition) is 6. The molecular weight excluding hydrogens is 752 g/mol. The number of anilines is 2. The molecule has 296 valence electrons. The number of halogens is 1. The Hall–Kier alpha value is -5.34. The molecule has 0 aliphatic rings. The summed E-state index contributed by atoms with van der Waals surface area (Å²) >= 11 is 6.65. The van der Waals surface area contributed by atoms with E-state index < -0.39 is 26.6 Å². The highest BCUT2D eigenvalue weighted by molar-refractivity contribution is 6.74. The molecule has 1 heterocycles. The lowest BCUT2D eigenvalue weighted by atomic mass is 10.00. The maximum Gasteiger partial charge on any atom is 0.411 e. The minimum absolute atomic E-state index is 0.0201. The zero-order valence-electron chi connectivity index (χ0n) is 32.4. The second kappa shape index (κ2) is 18.1. The van der Waals surface area contributed by atoms with Gasteiger partial charge in [-0.25, -0.2) is 9.59 Å². The number of phenolic OH excluding ortho intramolecular Hbond substituents is 1. The summed E-state index contributed by atoms with van der Waals surface area (Å²) in [7, 11) is -0.755. The van der Waals surface area contributed by atoms with E-state index in [0.29, 0.717) is 59.0 Å². The summed E-state index contributed by atoms with van der Waals surface area (Å²) in [6.07, 6.45) is -1.19. The van der Waals surface area contributed by atoms with Crippen molar-refractivity contribution in [1.29, 1.82) is 0 Å². The number of phenols is 1. The molecule has 1 atom stereocenters. The number of carbonyl (C=O) groups is 2. The van der Waals surface area contributed by atoms with Crippen LogP contribution in [0.3, 0.4) is 0 Å². The number of hydrogen-bond acceptors (Lipinski definition) is 8. The van der Waals surface area contributed by atoms with Crippen LogP contribution in [0.5, 0.6) is 11.5 Å². The summed E-state index contributed by atoms with van der Waals surface area (Å²) in [4.78, 5) is 39.1. The van der Waals surface area contributed by atoms with Gasteiger partial charge >= 0.3 is 12.2 Å². The fraction of sp³-hybridized carbons (Fsp3) is 0.310. The number of aryl methyl sites for hydroxylation is 1. The molecule has 12 nitrogen and oxygen atoms in total. The molecule has 5 rings (SSSR count). The number of H-pyrrole nitrogens is 1. The fourth-order valence-electron chi connectivity index (χ4n) is 6.07.